The number of nitrogens with one attached hydrogen (secondary N) is 2. The molecule has 4 aromatic rings. The largest absolute Gasteiger partial charge is 0.326 e. The molecule has 2 atom stereocenters. The first-order valence-electron chi connectivity index (χ1n) is 10.5. The molecule has 9 heteroatoms. The molecular formula is C24H21N5O3S. The van der Waals surface area contributed by atoms with Gasteiger partial charge < -0.3 is 5.32 Å². The van der Waals surface area contributed by atoms with Gasteiger partial charge in [-0.3, -0.25) is 9.78 Å². The van der Waals surface area contributed by atoms with Gasteiger partial charge in [0.1, 0.15) is 0 Å². The maximum atomic E-state index is 12.8. The van der Waals surface area contributed by atoms with Crippen molar-refractivity contribution in [2.75, 3.05) is 10.0 Å². The van der Waals surface area contributed by atoms with Crippen LogP contribution in [0.1, 0.15) is 23.5 Å². The number of carbonyl (C=O) groups is 1. The molecule has 2 aromatic carbocycles. The first-order valence-corrected chi connectivity index (χ1v) is 11.9. The summed E-state index contributed by atoms with van der Waals surface area (Å²) in [5.41, 5.74) is 2.74. The fourth-order valence-electron chi connectivity index (χ4n) is 3.90. The van der Waals surface area contributed by atoms with Crippen LogP contribution in [0.2, 0.25) is 0 Å². The van der Waals surface area contributed by atoms with Gasteiger partial charge in [0.15, 0.2) is 0 Å². The second kappa shape index (κ2) is 8.25. The number of hydrogen-bond acceptors (Lipinski definition) is 6. The molecule has 2 heterocycles. The van der Waals surface area contributed by atoms with Gasteiger partial charge in [-0.05, 0) is 66.1 Å². The van der Waals surface area contributed by atoms with Crippen molar-refractivity contribution in [1.82, 2.24) is 15.0 Å². The highest BCUT2D eigenvalue weighted by molar-refractivity contribution is 7.92. The normalized spacial score (nSPS) is 17.5. The van der Waals surface area contributed by atoms with Crippen LogP contribution < -0.4 is 10.0 Å². The van der Waals surface area contributed by atoms with Crippen LogP contribution in [-0.2, 0) is 14.8 Å². The minimum absolute atomic E-state index is 0.0145. The molecule has 0 saturated heterocycles. The molecule has 166 valence electrons. The van der Waals surface area contributed by atoms with Gasteiger partial charge in [0.2, 0.25) is 11.9 Å². The molecule has 5 rings (SSSR count). The maximum absolute atomic E-state index is 12.8. The van der Waals surface area contributed by atoms with Crippen molar-refractivity contribution in [1.29, 1.82) is 0 Å². The predicted octanol–water partition coefficient (Wildman–Crippen LogP) is 3.88. The number of carbonyl (C=O) groups excluding carboxylic acids is 1. The number of nitrogens with zero attached hydrogens (tertiary/aromatic N) is 3. The van der Waals surface area contributed by atoms with Gasteiger partial charge in [0.05, 0.1) is 4.90 Å². The van der Waals surface area contributed by atoms with Crippen molar-refractivity contribution < 1.29 is 13.2 Å². The average molecular weight is 460 g/mol. The van der Waals surface area contributed by atoms with Crippen molar-refractivity contribution in [3.63, 3.8) is 0 Å². The molecule has 1 saturated carbocycles. The fraction of sp³-hybridized carbons (Fsp3) is 0.167. The maximum Gasteiger partial charge on any atom is 0.264 e. The van der Waals surface area contributed by atoms with Gasteiger partial charge in [-0.15, -0.1) is 0 Å². The van der Waals surface area contributed by atoms with E-state index in [2.05, 4.69) is 25.0 Å². The summed E-state index contributed by atoms with van der Waals surface area (Å²) in [6.07, 6.45) is 7.25. The van der Waals surface area contributed by atoms with Crippen LogP contribution in [-0.4, -0.2) is 29.3 Å². The molecule has 1 aliphatic rings. The number of aryl methyl sites for hydroxylation is 1. The molecule has 0 bridgehead atoms. The topological polar surface area (TPSA) is 114 Å². The van der Waals surface area contributed by atoms with Crippen LogP contribution in [0.5, 0.6) is 0 Å². The van der Waals surface area contributed by atoms with E-state index in [1.54, 1.807) is 30.6 Å². The molecule has 2 N–H and O–H groups in total. The van der Waals surface area contributed by atoms with E-state index in [1.807, 2.05) is 25.1 Å². The van der Waals surface area contributed by atoms with Gasteiger partial charge in [0.25, 0.3) is 10.0 Å². The van der Waals surface area contributed by atoms with Crippen LogP contribution in [0.4, 0.5) is 11.6 Å². The number of fused-ring (bicyclic) bond motifs is 1. The predicted molar refractivity (Wildman–Crippen MR) is 125 cm³/mol. The summed E-state index contributed by atoms with van der Waals surface area (Å²) in [5.74, 6) is -0.0950. The zero-order valence-corrected chi connectivity index (χ0v) is 18.6. The molecule has 1 aliphatic carbocycles. The number of sulfonamides is 1. The van der Waals surface area contributed by atoms with E-state index in [0.29, 0.717) is 0 Å². The molecule has 33 heavy (non-hydrogen) atoms. The van der Waals surface area contributed by atoms with E-state index in [1.165, 1.54) is 24.5 Å². The number of anilines is 2. The standard InChI is InChI=1S/C24H21N5O3S/c1-15-13-25-14-17-3-6-18(11-20(15)17)28-23(30)22-12-21(22)16-4-7-19(8-5-16)33(31,32)29-24-26-9-2-10-27-24/h2-11,13-14,21-22H,12H2,1H3,(H,28,30)(H,26,27,29)/t21?,22-/m1/s1. The third-order valence-electron chi connectivity index (χ3n) is 5.76. The lowest BCUT2D eigenvalue weighted by Crippen LogP contribution is -2.15. The Morgan fingerprint density at radius 2 is 1.79 bits per heavy atom. The molecule has 0 spiro atoms. The van der Waals surface area contributed by atoms with E-state index in [9.17, 15) is 13.2 Å². The Labute approximate surface area is 191 Å². The number of pyridine rings is 1. The van der Waals surface area contributed by atoms with Crippen molar-refractivity contribution in [3.8, 4) is 0 Å². The summed E-state index contributed by atoms with van der Waals surface area (Å²) in [6, 6.07) is 14.0. The van der Waals surface area contributed by atoms with E-state index in [4.69, 9.17) is 0 Å². The summed E-state index contributed by atoms with van der Waals surface area (Å²) in [6.45, 7) is 1.99. The van der Waals surface area contributed by atoms with Gasteiger partial charge in [-0.1, -0.05) is 18.2 Å². The molecule has 2 aromatic heterocycles. The smallest absolute Gasteiger partial charge is 0.264 e. The van der Waals surface area contributed by atoms with Crippen molar-refractivity contribution >= 4 is 38.3 Å². The molecule has 1 unspecified atom stereocenters. The van der Waals surface area contributed by atoms with Gasteiger partial charge >= 0.3 is 0 Å². The molecule has 8 nitrogen and oxygen atoms in total. The van der Waals surface area contributed by atoms with Crippen LogP contribution in [0.15, 0.2) is 78.2 Å². The molecule has 1 fully saturated rings. The second-order valence-electron chi connectivity index (χ2n) is 8.08. The van der Waals surface area contributed by atoms with Crippen molar-refractivity contribution in [2.45, 2.75) is 24.2 Å². The number of rotatable bonds is 6. The summed E-state index contributed by atoms with van der Waals surface area (Å²) in [5, 5.41) is 5.09. The second-order valence-corrected chi connectivity index (χ2v) is 9.76. The number of hydrogen-bond donors (Lipinski definition) is 2. The van der Waals surface area contributed by atoms with Crippen LogP contribution in [0.25, 0.3) is 10.8 Å². The summed E-state index contributed by atoms with van der Waals surface area (Å²) in [7, 11) is -3.79. The first kappa shape index (κ1) is 21.0. The number of amides is 1. The summed E-state index contributed by atoms with van der Waals surface area (Å²) >= 11 is 0. The Hall–Kier alpha value is -3.85. The van der Waals surface area contributed by atoms with Crippen molar-refractivity contribution in [2.24, 2.45) is 5.92 Å². The van der Waals surface area contributed by atoms with Gasteiger partial charge in [-0.25, -0.2) is 23.1 Å². The first-order chi connectivity index (χ1) is 15.9. The lowest BCUT2D eigenvalue weighted by molar-refractivity contribution is -0.117. The lowest BCUT2D eigenvalue weighted by Gasteiger charge is -2.09. The summed E-state index contributed by atoms with van der Waals surface area (Å²) < 4.78 is 27.4. The van der Waals surface area contributed by atoms with E-state index in [0.717, 1.165) is 34.0 Å². The Morgan fingerprint density at radius 3 is 2.55 bits per heavy atom. The zero-order chi connectivity index (χ0) is 23.0. The van der Waals surface area contributed by atoms with E-state index < -0.39 is 10.0 Å². The monoisotopic (exact) mass is 459 g/mol. The summed E-state index contributed by atoms with van der Waals surface area (Å²) in [4.78, 5) is 24.8. The highest BCUT2D eigenvalue weighted by Crippen LogP contribution is 2.48. The lowest BCUT2D eigenvalue weighted by atomic mass is 10.1. The van der Waals surface area contributed by atoms with Gasteiger partial charge in [0, 0.05) is 41.8 Å². The molecule has 1 amide bonds. The van der Waals surface area contributed by atoms with Crippen LogP contribution >= 0.6 is 0 Å². The molecule has 0 aliphatic heterocycles. The minimum Gasteiger partial charge on any atom is -0.326 e. The van der Waals surface area contributed by atoms with E-state index >= 15 is 0 Å². The Morgan fingerprint density at radius 1 is 1.03 bits per heavy atom. The van der Waals surface area contributed by atoms with Crippen molar-refractivity contribution in [3.05, 3.63) is 84.4 Å². The zero-order valence-electron chi connectivity index (χ0n) is 17.8. The number of benzene rings is 2. The molecule has 0 radical (unpaired) electrons. The fourth-order valence-corrected chi connectivity index (χ4v) is 4.86. The Balaban J connectivity index is 1.25. The van der Waals surface area contributed by atoms with E-state index in [-0.39, 0.29) is 28.6 Å². The van der Waals surface area contributed by atoms with Crippen LogP contribution in [0, 0.1) is 12.8 Å². The highest BCUT2D eigenvalue weighted by atomic mass is 32.2. The third-order valence-corrected chi connectivity index (χ3v) is 7.11. The number of aromatic nitrogens is 3. The average Bonchev–Trinajstić information content (AvgIpc) is 3.61. The minimum atomic E-state index is -3.79. The third kappa shape index (κ3) is 4.40. The Kier molecular flexibility index (Phi) is 5.26. The van der Waals surface area contributed by atoms with Crippen LogP contribution in [0.3, 0.4) is 0 Å². The highest BCUT2D eigenvalue weighted by Gasteiger charge is 2.44. The van der Waals surface area contributed by atoms with Gasteiger partial charge in [-0.2, -0.15) is 0 Å². The molecular weight excluding hydrogens is 438 g/mol. The SMILES string of the molecule is Cc1cncc2ccc(NC(=O)[C@@H]3CC3c3ccc(S(=O)(=O)Nc4ncccn4)cc3)cc12. The Bertz CT molecular complexity index is 1440. The quantitative estimate of drug-likeness (QED) is 0.452.